The van der Waals surface area contributed by atoms with Crippen LogP contribution in [0.2, 0.25) is 0 Å². The maximum absolute atomic E-state index is 13.2. The molecule has 4 fully saturated rings. The summed E-state index contributed by atoms with van der Waals surface area (Å²) in [6.07, 6.45) is 4.98. The summed E-state index contributed by atoms with van der Waals surface area (Å²) in [5, 5.41) is 4.25. The maximum atomic E-state index is 13.2. The average Bonchev–Trinajstić information content (AvgIpc) is 2.76. The van der Waals surface area contributed by atoms with Crippen molar-refractivity contribution in [3.8, 4) is 0 Å². The SMILES string of the molecule is CC12CC3(C)CC(N=[N+]=[N-])(C1)CC(N1C(=O)c4ccccc4C1=O)(C2)C3. The second-order valence-electron chi connectivity index (χ2n) is 9.81. The Morgan fingerprint density at radius 1 is 0.923 bits per heavy atom. The molecule has 26 heavy (non-hydrogen) atoms. The van der Waals surface area contributed by atoms with Gasteiger partial charge in [0.2, 0.25) is 0 Å². The molecule has 0 saturated heterocycles. The van der Waals surface area contributed by atoms with Crippen LogP contribution in [0.15, 0.2) is 29.4 Å². The number of amides is 2. The second-order valence-corrected chi connectivity index (χ2v) is 9.81. The van der Waals surface area contributed by atoms with Gasteiger partial charge in [0.05, 0.1) is 22.2 Å². The molecular formula is C20H22N4O2. The molecule has 0 aromatic heterocycles. The number of nitrogens with zero attached hydrogens (tertiary/aromatic N) is 4. The minimum absolute atomic E-state index is 0.00692. The second kappa shape index (κ2) is 4.49. The van der Waals surface area contributed by atoms with Gasteiger partial charge < -0.3 is 0 Å². The van der Waals surface area contributed by atoms with Gasteiger partial charge >= 0.3 is 0 Å². The minimum atomic E-state index is -0.542. The van der Waals surface area contributed by atoms with E-state index in [9.17, 15) is 15.1 Å². The van der Waals surface area contributed by atoms with Gasteiger partial charge in [-0.05, 0) is 67.0 Å². The fourth-order valence-electron chi connectivity index (χ4n) is 7.63. The van der Waals surface area contributed by atoms with Gasteiger partial charge in [-0.1, -0.05) is 31.1 Å². The van der Waals surface area contributed by atoms with E-state index in [1.807, 2.05) is 0 Å². The van der Waals surface area contributed by atoms with Gasteiger partial charge in [-0.15, -0.1) is 0 Å². The van der Waals surface area contributed by atoms with Gasteiger partial charge in [-0.3, -0.25) is 14.5 Å². The van der Waals surface area contributed by atoms with Crippen LogP contribution in [0, 0.1) is 10.8 Å². The molecule has 134 valence electrons. The number of hydrogen-bond acceptors (Lipinski definition) is 3. The molecule has 2 atom stereocenters. The van der Waals surface area contributed by atoms with Crippen LogP contribution >= 0.6 is 0 Å². The summed E-state index contributed by atoms with van der Waals surface area (Å²) in [6.45, 7) is 4.47. The Bertz CT molecular complexity index is 863. The van der Waals surface area contributed by atoms with Crippen LogP contribution in [0.3, 0.4) is 0 Å². The molecule has 0 radical (unpaired) electrons. The number of imide groups is 1. The molecule has 2 amide bonds. The molecule has 1 aromatic carbocycles. The molecule has 4 bridgehead atoms. The lowest BCUT2D eigenvalue weighted by atomic mass is 9.40. The zero-order chi connectivity index (χ0) is 18.4. The molecule has 0 N–H and O–H groups in total. The van der Waals surface area contributed by atoms with Crippen LogP contribution in [-0.4, -0.2) is 27.8 Å². The molecule has 0 spiro atoms. The summed E-state index contributed by atoms with van der Waals surface area (Å²) in [5.41, 5.74) is 9.16. The van der Waals surface area contributed by atoms with E-state index in [2.05, 4.69) is 23.9 Å². The molecule has 6 nitrogen and oxygen atoms in total. The molecule has 2 unspecified atom stereocenters. The molecule has 1 aliphatic heterocycles. The Kier molecular flexibility index (Phi) is 2.75. The predicted octanol–water partition coefficient (Wildman–Crippen LogP) is 4.46. The van der Waals surface area contributed by atoms with Crippen LogP contribution in [0.4, 0.5) is 0 Å². The lowest BCUT2D eigenvalue weighted by molar-refractivity contribution is -0.149. The maximum Gasteiger partial charge on any atom is 0.262 e. The number of carbonyl (C=O) groups excluding carboxylic acids is 2. The quantitative estimate of drug-likeness (QED) is 0.341. The fraction of sp³-hybridized carbons (Fsp3) is 0.600. The number of hydrogen-bond donors (Lipinski definition) is 0. The number of azide groups is 1. The van der Waals surface area contributed by atoms with Crippen LogP contribution in [0.5, 0.6) is 0 Å². The Morgan fingerprint density at radius 2 is 1.46 bits per heavy atom. The number of fused-ring (bicyclic) bond motifs is 1. The van der Waals surface area contributed by atoms with E-state index < -0.39 is 11.1 Å². The monoisotopic (exact) mass is 350 g/mol. The molecule has 6 rings (SSSR count). The van der Waals surface area contributed by atoms with E-state index in [1.165, 1.54) is 4.90 Å². The summed E-state index contributed by atoms with van der Waals surface area (Å²) in [7, 11) is 0. The van der Waals surface area contributed by atoms with Crippen LogP contribution in [0.1, 0.15) is 73.1 Å². The predicted molar refractivity (Wildman–Crippen MR) is 95.5 cm³/mol. The lowest BCUT2D eigenvalue weighted by Crippen LogP contribution is -2.70. The smallest absolute Gasteiger partial charge is 0.262 e. The summed E-state index contributed by atoms with van der Waals surface area (Å²) >= 11 is 0. The van der Waals surface area contributed by atoms with E-state index in [1.54, 1.807) is 24.3 Å². The van der Waals surface area contributed by atoms with Crippen molar-refractivity contribution >= 4 is 11.8 Å². The summed E-state index contributed by atoms with van der Waals surface area (Å²) < 4.78 is 0. The van der Waals surface area contributed by atoms with Crippen LogP contribution in [-0.2, 0) is 0 Å². The highest BCUT2D eigenvalue weighted by Gasteiger charge is 2.69. The third kappa shape index (κ3) is 1.85. The van der Waals surface area contributed by atoms with Crippen LogP contribution < -0.4 is 0 Å². The highest BCUT2D eigenvalue weighted by Crippen LogP contribution is 2.70. The number of benzene rings is 1. The molecular weight excluding hydrogens is 328 g/mol. The highest BCUT2D eigenvalue weighted by atomic mass is 16.2. The van der Waals surface area contributed by atoms with E-state index in [-0.39, 0.29) is 22.6 Å². The van der Waals surface area contributed by atoms with E-state index in [0.717, 1.165) is 32.1 Å². The van der Waals surface area contributed by atoms with Crippen molar-refractivity contribution in [2.75, 3.05) is 0 Å². The standard InChI is InChI=1S/C20H22N4O2/c1-17-7-18(2)9-19(8-17,22-23-21)12-20(10-17,11-18)24-15(25)13-5-3-4-6-14(13)16(24)26/h3-6H,7-12H2,1-2H3. The first-order chi connectivity index (χ1) is 12.2. The molecule has 5 aliphatic rings. The van der Waals surface area contributed by atoms with Gasteiger partial charge in [-0.25, -0.2) is 0 Å². The van der Waals surface area contributed by atoms with Gasteiger partial charge in [0.15, 0.2) is 0 Å². The topological polar surface area (TPSA) is 86.1 Å². The highest BCUT2D eigenvalue weighted by molar-refractivity contribution is 6.21. The van der Waals surface area contributed by atoms with E-state index >= 15 is 0 Å². The molecule has 4 aliphatic carbocycles. The van der Waals surface area contributed by atoms with Gasteiger partial charge in [0, 0.05) is 4.91 Å². The van der Waals surface area contributed by atoms with Crippen molar-refractivity contribution in [3.63, 3.8) is 0 Å². The van der Waals surface area contributed by atoms with E-state index in [0.29, 0.717) is 17.5 Å². The molecule has 1 aromatic rings. The summed E-state index contributed by atoms with van der Waals surface area (Å²) in [4.78, 5) is 31.1. The Morgan fingerprint density at radius 3 is 1.96 bits per heavy atom. The third-order valence-electron chi connectivity index (χ3n) is 7.06. The Balaban J connectivity index is 1.67. The first-order valence-corrected chi connectivity index (χ1v) is 9.27. The van der Waals surface area contributed by atoms with Crippen molar-refractivity contribution in [1.29, 1.82) is 0 Å². The van der Waals surface area contributed by atoms with E-state index in [4.69, 9.17) is 0 Å². The van der Waals surface area contributed by atoms with Crippen LogP contribution in [0.25, 0.3) is 10.4 Å². The lowest BCUT2D eigenvalue weighted by Gasteiger charge is -2.69. The van der Waals surface area contributed by atoms with Gasteiger partial charge in [-0.2, -0.15) is 0 Å². The van der Waals surface area contributed by atoms with Gasteiger partial charge in [0.25, 0.3) is 11.8 Å². The van der Waals surface area contributed by atoms with Crippen molar-refractivity contribution in [3.05, 3.63) is 45.8 Å². The number of carbonyl (C=O) groups is 2. The van der Waals surface area contributed by atoms with Gasteiger partial charge in [0.1, 0.15) is 0 Å². The summed E-state index contributed by atoms with van der Waals surface area (Å²) in [6, 6.07) is 7.08. The van der Waals surface area contributed by atoms with Crippen molar-refractivity contribution in [2.45, 2.75) is 63.5 Å². The summed E-state index contributed by atoms with van der Waals surface area (Å²) in [5.74, 6) is -0.369. The first kappa shape index (κ1) is 15.9. The van der Waals surface area contributed by atoms with Crippen molar-refractivity contribution < 1.29 is 9.59 Å². The molecule has 6 heteroatoms. The minimum Gasteiger partial charge on any atom is -0.269 e. The number of rotatable bonds is 2. The van der Waals surface area contributed by atoms with Crippen molar-refractivity contribution in [1.82, 2.24) is 4.90 Å². The van der Waals surface area contributed by atoms with Crippen molar-refractivity contribution in [2.24, 2.45) is 15.9 Å². The Labute approximate surface area is 152 Å². The molecule has 4 saturated carbocycles. The normalized spacial score (nSPS) is 42.8. The zero-order valence-corrected chi connectivity index (χ0v) is 15.2. The largest absolute Gasteiger partial charge is 0.269 e. The first-order valence-electron chi connectivity index (χ1n) is 9.27. The fourth-order valence-corrected chi connectivity index (χ4v) is 7.63. The third-order valence-corrected chi connectivity index (χ3v) is 7.06. The zero-order valence-electron chi connectivity index (χ0n) is 15.2. The average molecular weight is 350 g/mol. The Hall–Kier alpha value is -2.33. The molecule has 1 heterocycles.